The van der Waals surface area contributed by atoms with Crippen LogP contribution in [0.3, 0.4) is 0 Å². The zero-order chi connectivity index (χ0) is 15.1. The number of carbonyl (C=O) groups excluding carboxylic acids is 1. The van der Waals surface area contributed by atoms with E-state index in [1.54, 1.807) is 34.6 Å². The topological polar surface area (TPSA) is 94.4 Å². The highest BCUT2D eigenvalue weighted by Crippen LogP contribution is 2.50. The summed E-state index contributed by atoms with van der Waals surface area (Å²) < 4.78 is 27.6. The van der Waals surface area contributed by atoms with Crippen molar-refractivity contribution in [3.8, 4) is 0 Å². The minimum absolute atomic E-state index is 0.123. The summed E-state index contributed by atoms with van der Waals surface area (Å²) in [7, 11) is -3.57. The average molecular weight is 295 g/mol. The number of nitrogens with zero attached hydrogens (tertiary/aromatic N) is 1. The van der Waals surface area contributed by atoms with Crippen molar-refractivity contribution in [3.05, 3.63) is 0 Å². The number of hydrogen-bond donors (Lipinski definition) is 1. The smallest absolute Gasteiger partial charge is 0.356 e. The molecule has 0 spiro atoms. The van der Waals surface area contributed by atoms with Crippen molar-refractivity contribution in [2.75, 3.05) is 12.8 Å². The van der Waals surface area contributed by atoms with Gasteiger partial charge in [-0.05, 0) is 34.6 Å². The van der Waals surface area contributed by atoms with E-state index >= 15 is 0 Å². The first-order valence-corrected chi connectivity index (χ1v) is 7.80. The Morgan fingerprint density at radius 2 is 1.68 bits per heavy atom. The van der Waals surface area contributed by atoms with Crippen LogP contribution in [-0.2, 0) is 23.1 Å². The summed E-state index contributed by atoms with van der Waals surface area (Å²) in [5.41, 5.74) is -0.383. The SMILES string of the molecule is CCOC(=O)C(CP(=O)(OC(C)C)OC(C)C)=NO. The van der Waals surface area contributed by atoms with Gasteiger partial charge in [0.1, 0.15) is 6.16 Å². The van der Waals surface area contributed by atoms with Crippen LogP contribution < -0.4 is 0 Å². The number of oxime groups is 1. The van der Waals surface area contributed by atoms with Crippen molar-refractivity contribution in [3.63, 3.8) is 0 Å². The Bertz CT molecular complexity index is 352. The van der Waals surface area contributed by atoms with Gasteiger partial charge in [0, 0.05) is 0 Å². The summed E-state index contributed by atoms with van der Waals surface area (Å²) in [6.07, 6.45) is -1.14. The van der Waals surface area contributed by atoms with E-state index in [1.807, 2.05) is 0 Å². The van der Waals surface area contributed by atoms with Gasteiger partial charge in [-0.25, -0.2) is 4.79 Å². The fourth-order valence-electron chi connectivity index (χ4n) is 1.28. The van der Waals surface area contributed by atoms with Crippen molar-refractivity contribution < 1.29 is 28.4 Å². The number of carbonyl (C=O) groups is 1. The van der Waals surface area contributed by atoms with Crippen LogP contribution >= 0.6 is 7.60 Å². The van der Waals surface area contributed by atoms with Gasteiger partial charge in [0.05, 0.1) is 18.8 Å². The first-order valence-electron chi connectivity index (χ1n) is 6.08. The molecule has 0 saturated heterocycles. The normalized spacial score (nSPS) is 13.1. The van der Waals surface area contributed by atoms with Crippen LogP contribution in [-0.4, -0.2) is 41.9 Å². The molecule has 112 valence electrons. The largest absolute Gasteiger partial charge is 0.461 e. The lowest BCUT2D eigenvalue weighted by Gasteiger charge is -2.22. The van der Waals surface area contributed by atoms with Crippen molar-refractivity contribution >= 4 is 19.3 Å². The van der Waals surface area contributed by atoms with E-state index in [0.717, 1.165) is 0 Å². The van der Waals surface area contributed by atoms with E-state index < -0.39 is 19.7 Å². The van der Waals surface area contributed by atoms with Crippen LogP contribution in [0.2, 0.25) is 0 Å². The van der Waals surface area contributed by atoms with Gasteiger partial charge in [-0.2, -0.15) is 0 Å². The third kappa shape index (κ3) is 7.30. The zero-order valence-electron chi connectivity index (χ0n) is 12.0. The van der Waals surface area contributed by atoms with Crippen LogP contribution in [0, 0.1) is 0 Å². The fourth-order valence-corrected chi connectivity index (χ4v) is 3.32. The van der Waals surface area contributed by atoms with Gasteiger partial charge in [0.25, 0.3) is 0 Å². The van der Waals surface area contributed by atoms with Gasteiger partial charge in [0.2, 0.25) is 0 Å². The standard InChI is InChI=1S/C11H22NO6P/c1-6-16-11(13)10(12-14)7-19(15,17-8(2)3)18-9(4)5/h8-9,14H,6-7H2,1-5H3. The van der Waals surface area contributed by atoms with Crippen LogP contribution in [0.25, 0.3) is 0 Å². The highest BCUT2D eigenvalue weighted by Gasteiger charge is 2.33. The molecule has 0 unspecified atom stereocenters. The molecule has 0 bridgehead atoms. The van der Waals surface area contributed by atoms with E-state index in [-0.39, 0.29) is 24.5 Å². The van der Waals surface area contributed by atoms with E-state index in [9.17, 15) is 9.36 Å². The molecule has 1 N–H and O–H groups in total. The number of rotatable bonds is 8. The molecule has 0 atom stereocenters. The van der Waals surface area contributed by atoms with Gasteiger partial charge in [-0.15, -0.1) is 0 Å². The number of hydrogen-bond acceptors (Lipinski definition) is 7. The molecule has 0 aromatic carbocycles. The second-order valence-electron chi connectivity index (χ2n) is 4.34. The maximum Gasteiger partial charge on any atom is 0.356 e. The highest BCUT2D eigenvalue weighted by atomic mass is 31.2. The Balaban J connectivity index is 4.98. The molecular formula is C11H22NO6P. The Labute approximate surface area is 113 Å². The van der Waals surface area contributed by atoms with Crippen LogP contribution in [0.5, 0.6) is 0 Å². The predicted molar refractivity (Wildman–Crippen MR) is 70.8 cm³/mol. The van der Waals surface area contributed by atoms with Crippen LogP contribution in [0.1, 0.15) is 34.6 Å². The predicted octanol–water partition coefficient (Wildman–Crippen LogP) is 2.42. The van der Waals surface area contributed by atoms with Gasteiger partial charge in [-0.3, -0.25) is 4.57 Å². The lowest BCUT2D eigenvalue weighted by Crippen LogP contribution is -2.24. The van der Waals surface area contributed by atoms with Crippen LogP contribution in [0.15, 0.2) is 5.16 Å². The molecule has 8 heteroatoms. The maximum absolute atomic E-state index is 12.5. The van der Waals surface area contributed by atoms with Crippen molar-refractivity contribution in [1.82, 2.24) is 0 Å². The number of ether oxygens (including phenoxy) is 1. The second-order valence-corrected chi connectivity index (χ2v) is 6.30. The maximum atomic E-state index is 12.5. The first-order chi connectivity index (χ1) is 8.74. The van der Waals surface area contributed by atoms with E-state index in [4.69, 9.17) is 14.3 Å². The van der Waals surface area contributed by atoms with Gasteiger partial charge < -0.3 is 19.0 Å². The fraction of sp³-hybridized carbons (Fsp3) is 0.818. The highest BCUT2D eigenvalue weighted by molar-refractivity contribution is 7.55. The van der Waals surface area contributed by atoms with Gasteiger partial charge >= 0.3 is 13.6 Å². The average Bonchev–Trinajstić information content (AvgIpc) is 2.23. The molecule has 0 heterocycles. The summed E-state index contributed by atoms with van der Waals surface area (Å²) in [4.78, 5) is 11.5. The molecule has 19 heavy (non-hydrogen) atoms. The summed E-state index contributed by atoms with van der Waals surface area (Å²) in [6, 6.07) is 0. The summed E-state index contributed by atoms with van der Waals surface area (Å²) >= 11 is 0. The van der Waals surface area contributed by atoms with Crippen molar-refractivity contribution in [2.24, 2.45) is 5.16 Å². The third-order valence-electron chi connectivity index (χ3n) is 1.72. The Hall–Kier alpha value is -0.910. The Morgan fingerprint density at radius 3 is 2.00 bits per heavy atom. The molecular weight excluding hydrogens is 273 g/mol. The van der Waals surface area contributed by atoms with Gasteiger partial charge in [-0.1, -0.05) is 5.16 Å². The molecule has 0 aromatic rings. The minimum Gasteiger partial charge on any atom is -0.461 e. The van der Waals surface area contributed by atoms with Crippen molar-refractivity contribution in [1.29, 1.82) is 0 Å². The zero-order valence-corrected chi connectivity index (χ0v) is 12.8. The lowest BCUT2D eigenvalue weighted by molar-refractivity contribution is -0.135. The molecule has 0 aliphatic rings. The van der Waals surface area contributed by atoms with Crippen LogP contribution in [0.4, 0.5) is 0 Å². The molecule has 0 radical (unpaired) electrons. The summed E-state index contributed by atoms with van der Waals surface area (Å²) in [5, 5.41) is 11.6. The quantitative estimate of drug-likeness (QED) is 0.243. The Morgan fingerprint density at radius 1 is 1.21 bits per heavy atom. The Kier molecular flexibility index (Phi) is 7.90. The summed E-state index contributed by atoms with van der Waals surface area (Å²) in [5.74, 6) is -0.843. The van der Waals surface area contributed by atoms with E-state index in [1.165, 1.54) is 0 Å². The minimum atomic E-state index is -3.57. The van der Waals surface area contributed by atoms with Gasteiger partial charge in [0.15, 0.2) is 5.71 Å². The molecule has 0 rings (SSSR count). The molecule has 0 aliphatic heterocycles. The molecule has 0 saturated carbocycles. The van der Waals surface area contributed by atoms with Crippen molar-refractivity contribution in [2.45, 2.75) is 46.8 Å². The van der Waals surface area contributed by atoms with E-state index in [2.05, 4.69) is 9.89 Å². The number of esters is 1. The molecule has 0 amide bonds. The van der Waals surface area contributed by atoms with E-state index in [0.29, 0.717) is 0 Å². The lowest BCUT2D eigenvalue weighted by atomic mass is 10.4. The first kappa shape index (κ1) is 18.1. The molecule has 0 aliphatic carbocycles. The molecule has 0 aromatic heterocycles. The molecule has 0 fully saturated rings. The third-order valence-corrected chi connectivity index (χ3v) is 3.89. The second kappa shape index (κ2) is 8.30. The summed E-state index contributed by atoms with van der Waals surface area (Å²) in [6.45, 7) is 8.50. The molecule has 7 nitrogen and oxygen atoms in total. The monoisotopic (exact) mass is 295 g/mol.